The van der Waals surface area contributed by atoms with E-state index in [1.165, 1.54) is 33.2 Å². The van der Waals surface area contributed by atoms with Crippen LogP contribution in [0.5, 0.6) is 0 Å². The van der Waals surface area contributed by atoms with Gasteiger partial charge in [0.1, 0.15) is 10.8 Å². The molecule has 23 heavy (non-hydrogen) atoms. The van der Waals surface area contributed by atoms with Gasteiger partial charge in [0.25, 0.3) is 0 Å². The van der Waals surface area contributed by atoms with Crippen LogP contribution >= 0.6 is 39.6 Å². The number of nitrogens with zero attached hydrogens (tertiary/aromatic N) is 1. The predicted molar refractivity (Wildman–Crippen MR) is 112 cm³/mol. The molecule has 2 aliphatic rings. The van der Waals surface area contributed by atoms with Crippen LogP contribution in [0.4, 0.5) is 0 Å². The van der Waals surface area contributed by atoms with E-state index in [2.05, 4.69) is 77.8 Å². The number of allylic oxidation sites excluding steroid dienone is 5. The van der Waals surface area contributed by atoms with Crippen LogP contribution in [0, 0.1) is 0 Å². The highest BCUT2D eigenvalue weighted by atomic mass is 127. The molecule has 0 bridgehead atoms. The lowest BCUT2D eigenvalue weighted by molar-refractivity contribution is 0.336. The number of halogens is 2. The van der Waals surface area contributed by atoms with Crippen molar-refractivity contribution in [2.45, 2.75) is 33.1 Å². The molecule has 0 amide bonds. The Labute approximate surface area is 162 Å². The predicted octanol–water partition coefficient (Wildman–Crippen LogP) is 4.33. The molecule has 0 saturated heterocycles. The summed E-state index contributed by atoms with van der Waals surface area (Å²) < 4.78 is 7.27. The summed E-state index contributed by atoms with van der Waals surface area (Å²) in [5.74, 6) is 0. The maximum atomic E-state index is 6.03. The maximum Gasteiger partial charge on any atom is 0.135 e. The molecular formula is C19H23BrINO. The molecule has 4 heteroatoms. The summed E-state index contributed by atoms with van der Waals surface area (Å²) in [6.07, 6.45) is 16.2. The van der Waals surface area contributed by atoms with Gasteiger partial charge in [-0.25, -0.2) is 0 Å². The molecule has 0 unspecified atom stereocenters. The van der Waals surface area contributed by atoms with Crippen LogP contribution in [0.25, 0.3) is 18.2 Å². The van der Waals surface area contributed by atoms with Gasteiger partial charge in [0, 0.05) is 39.9 Å². The molecule has 2 nitrogen and oxygen atoms in total. The minimum absolute atomic E-state index is 0. The van der Waals surface area contributed by atoms with Crippen molar-refractivity contribution < 1.29 is 4.42 Å². The molecule has 1 aromatic heterocycles. The van der Waals surface area contributed by atoms with E-state index in [1.54, 1.807) is 0 Å². The Morgan fingerprint density at radius 3 is 2.52 bits per heavy atom. The summed E-state index contributed by atoms with van der Waals surface area (Å²) in [6.45, 7) is 6.75. The topological polar surface area (TPSA) is 16.4 Å². The molecule has 0 aliphatic heterocycles. The first-order valence-corrected chi connectivity index (χ1v) is 9.14. The Balaban J connectivity index is 0.00000192. The standard InChI is InChI=1S/C19H22INO.BrH/c1-3-10-21(11-4-2)15-8-9-19-17(13-15)16-12-14(20)6-5-7-18(16)22-19;/h5-9,12H,3-4,10-11,13H2,1-2H3;1H. The van der Waals surface area contributed by atoms with Gasteiger partial charge in [-0.05, 0) is 65.8 Å². The zero-order valence-electron chi connectivity index (χ0n) is 13.6. The number of furan rings is 1. The second-order valence-corrected chi connectivity index (χ2v) is 7.01. The van der Waals surface area contributed by atoms with Gasteiger partial charge in [-0.15, -0.1) is 17.0 Å². The van der Waals surface area contributed by atoms with Gasteiger partial charge in [-0.2, -0.15) is 0 Å². The normalized spacial score (nSPS) is 15.1. The average molecular weight is 488 g/mol. The van der Waals surface area contributed by atoms with Crippen molar-refractivity contribution >= 4 is 57.8 Å². The summed E-state index contributed by atoms with van der Waals surface area (Å²) in [7, 11) is 0. The Kier molecular flexibility index (Phi) is 6.77. The molecule has 1 heterocycles. The average Bonchev–Trinajstić information content (AvgIpc) is 2.73. The van der Waals surface area contributed by atoms with Gasteiger partial charge >= 0.3 is 0 Å². The van der Waals surface area contributed by atoms with Gasteiger partial charge < -0.3 is 9.32 Å². The lowest BCUT2D eigenvalue weighted by atomic mass is 10.0. The third-order valence-electron chi connectivity index (χ3n) is 4.07. The Morgan fingerprint density at radius 1 is 1.09 bits per heavy atom. The zero-order valence-corrected chi connectivity index (χ0v) is 17.5. The summed E-state index contributed by atoms with van der Waals surface area (Å²) in [6, 6.07) is 0. The first kappa shape index (κ1) is 18.6. The first-order valence-electron chi connectivity index (χ1n) is 8.06. The van der Waals surface area contributed by atoms with E-state index >= 15 is 0 Å². The largest absolute Gasteiger partial charge is 0.456 e. The van der Waals surface area contributed by atoms with Crippen molar-refractivity contribution in [3.63, 3.8) is 0 Å². The molecule has 3 rings (SSSR count). The fourth-order valence-corrected chi connectivity index (χ4v) is 3.62. The summed E-state index contributed by atoms with van der Waals surface area (Å²) in [5, 5.41) is 0. The molecule has 0 radical (unpaired) electrons. The first-order chi connectivity index (χ1) is 10.7. The maximum absolute atomic E-state index is 6.03. The monoisotopic (exact) mass is 487 g/mol. The van der Waals surface area contributed by atoms with E-state index in [1.807, 2.05) is 0 Å². The smallest absolute Gasteiger partial charge is 0.135 e. The molecule has 1 aromatic rings. The summed E-state index contributed by atoms with van der Waals surface area (Å²) in [4.78, 5) is 2.52. The van der Waals surface area contributed by atoms with Crippen LogP contribution in [0.15, 0.2) is 31.9 Å². The molecule has 0 fully saturated rings. The highest BCUT2D eigenvalue weighted by Crippen LogP contribution is 2.21. The Morgan fingerprint density at radius 2 is 1.83 bits per heavy atom. The van der Waals surface area contributed by atoms with E-state index in [-0.39, 0.29) is 17.0 Å². The van der Waals surface area contributed by atoms with Crippen LogP contribution in [-0.4, -0.2) is 18.0 Å². The molecule has 0 aromatic carbocycles. The van der Waals surface area contributed by atoms with Crippen molar-refractivity contribution in [2.75, 3.05) is 13.1 Å². The Bertz CT molecular complexity index is 764. The summed E-state index contributed by atoms with van der Waals surface area (Å²) >= 11 is 2.37. The fraction of sp³-hybridized carbons (Fsp3) is 0.368. The van der Waals surface area contributed by atoms with Crippen molar-refractivity contribution in [2.24, 2.45) is 0 Å². The third-order valence-corrected chi connectivity index (χ3v) is 4.74. The molecule has 0 N–H and O–H groups in total. The van der Waals surface area contributed by atoms with E-state index in [4.69, 9.17) is 4.42 Å². The highest BCUT2D eigenvalue weighted by molar-refractivity contribution is 14.1. The van der Waals surface area contributed by atoms with Crippen molar-refractivity contribution in [3.05, 3.63) is 49.5 Å². The molecule has 0 saturated carbocycles. The molecular weight excluding hydrogens is 465 g/mol. The number of rotatable bonds is 5. The molecule has 0 spiro atoms. The van der Waals surface area contributed by atoms with E-state index in [9.17, 15) is 0 Å². The van der Waals surface area contributed by atoms with Crippen molar-refractivity contribution in [1.29, 1.82) is 0 Å². The van der Waals surface area contributed by atoms with E-state index in [0.29, 0.717) is 0 Å². The van der Waals surface area contributed by atoms with Gasteiger partial charge in [0.05, 0.1) is 0 Å². The van der Waals surface area contributed by atoms with Gasteiger partial charge in [-0.1, -0.05) is 19.9 Å². The number of hydrogen-bond donors (Lipinski definition) is 0. The van der Waals surface area contributed by atoms with Gasteiger partial charge in [-0.3, -0.25) is 0 Å². The molecule has 124 valence electrons. The Hall–Kier alpha value is -0.750. The van der Waals surface area contributed by atoms with Crippen LogP contribution in [0.2, 0.25) is 0 Å². The number of hydrogen-bond acceptors (Lipinski definition) is 2. The lowest BCUT2D eigenvalue weighted by Gasteiger charge is -2.27. The van der Waals surface area contributed by atoms with Crippen LogP contribution in [0.1, 0.15) is 37.8 Å². The minimum Gasteiger partial charge on any atom is -0.456 e. The fourth-order valence-electron chi connectivity index (χ4n) is 3.10. The quantitative estimate of drug-likeness (QED) is 0.575. The second-order valence-electron chi connectivity index (χ2n) is 5.77. The minimum atomic E-state index is 0. The van der Waals surface area contributed by atoms with Gasteiger partial charge in [0.15, 0.2) is 0 Å². The van der Waals surface area contributed by atoms with Crippen LogP contribution in [0.3, 0.4) is 0 Å². The van der Waals surface area contributed by atoms with Gasteiger partial charge in [0.2, 0.25) is 0 Å². The number of fused-ring (bicyclic) bond motifs is 3. The van der Waals surface area contributed by atoms with Crippen LogP contribution in [-0.2, 0) is 6.42 Å². The van der Waals surface area contributed by atoms with E-state index in [0.717, 1.165) is 30.3 Å². The SMILES string of the molecule is Br.CCCN(CCC)C1=CC=c2oc3c(c2C1)C=C(I)C=CC=3. The van der Waals surface area contributed by atoms with Crippen molar-refractivity contribution in [3.8, 4) is 0 Å². The van der Waals surface area contributed by atoms with E-state index < -0.39 is 0 Å². The van der Waals surface area contributed by atoms with Crippen molar-refractivity contribution in [1.82, 2.24) is 4.90 Å². The summed E-state index contributed by atoms with van der Waals surface area (Å²) in [5.41, 5.74) is 6.00. The molecule has 0 atom stereocenters. The lowest BCUT2D eigenvalue weighted by Crippen LogP contribution is -2.28. The zero-order chi connectivity index (χ0) is 15.5. The third kappa shape index (κ3) is 4.02. The van der Waals surface area contributed by atoms with Crippen LogP contribution < -0.4 is 10.8 Å². The highest BCUT2D eigenvalue weighted by Gasteiger charge is 2.18. The second kappa shape index (κ2) is 8.38. The molecule has 2 aliphatic carbocycles.